The first-order valence-corrected chi connectivity index (χ1v) is 8.75. The van der Waals surface area contributed by atoms with Gasteiger partial charge in [-0.2, -0.15) is 0 Å². The van der Waals surface area contributed by atoms with E-state index in [2.05, 4.69) is 5.32 Å². The smallest absolute Gasteiger partial charge is 0.308 e. The standard InChI is InChI=1S/C18H22F2N2O4/c19-13-6-12(7-14(20)8-13)10-22-4-3-21-16(18(22)24)9-17(23)26-11-15-2-1-5-25-15/h6-8,15-16,21H,1-5,9-11H2. The molecule has 2 aliphatic rings. The molecule has 142 valence electrons. The van der Waals surface area contributed by atoms with Gasteiger partial charge in [-0.25, -0.2) is 8.78 Å². The van der Waals surface area contributed by atoms with Gasteiger partial charge in [-0.15, -0.1) is 0 Å². The van der Waals surface area contributed by atoms with Crippen molar-refractivity contribution in [3.8, 4) is 0 Å². The maximum absolute atomic E-state index is 13.3. The van der Waals surface area contributed by atoms with Crippen LogP contribution in [0.5, 0.6) is 0 Å². The average molecular weight is 368 g/mol. The Hall–Kier alpha value is -2.06. The van der Waals surface area contributed by atoms with Crippen LogP contribution in [0.15, 0.2) is 18.2 Å². The lowest BCUT2D eigenvalue weighted by Crippen LogP contribution is -2.55. The molecule has 0 aliphatic carbocycles. The fourth-order valence-electron chi connectivity index (χ4n) is 3.22. The molecule has 0 spiro atoms. The lowest BCUT2D eigenvalue weighted by atomic mass is 10.1. The van der Waals surface area contributed by atoms with E-state index in [1.165, 1.54) is 17.0 Å². The van der Waals surface area contributed by atoms with Crippen molar-refractivity contribution >= 4 is 11.9 Å². The van der Waals surface area contributed by atoms with Crippen LogP contribution in [0.1, 0.15) is 24.8 Å². The van der Waals surface area contributed by atoms with E-state index in [9.17, 15) is 18.4 Å². The highest BCUT2D eigenvalue weighted by Crippen LogP contribution is 2.15. The summed E-state index contributed by atoms with van der Waals surface area (Å²) in [5, 5.41) is 2.99. The summed E-state index contributed by atoms with van der Waals surface area (Å²) in [5.41, 5.74) is 0.373. The maximum Gasteiger partial charge on any atom is 0.308 e. The molecule has 2 heterocycles. The van der Waals surface area contributed by atoms with E-state index in [4.69, 9.17) is 9.47 Å². The average Bonchev–Trinajstić information content (AvgIpc) is 3.09. The van der Waals surface area contributed by atoms with Crippen LogP contribution >= 0.6 is 0 Å². The second-order valence-electron chi connectivity index (χ2n) is 6.57. The number of hydrogen-bond acceptors (Lipinski definition) is 5. The number of piperazine rings is 1. The van der Waals surface area contributed by atoms with Gasteiger partial charge < -0.3 is 19.7 Å². The Balaban J connectivity index is 1.52. The van der Waals surface area contributed by atoms with Crippen molar-refractivity contribution in [1.82, 2.24) is 10.2 Å². The molecular weight excluding hydrogens is 346 g/mol. The molecule has 1 aromatic carbocycles. The van der Waals surface area contributed by atoms with Gasteiger partial charge in [-0.05, 0) is 30.5 Å². The molecule has 0 radical (unpaired) electrons. The van der Waals surface area contributed by atoms with E-state index in [0.717, 1.165) is 18.9 Å². The second-order valence-corrected chi connectivity index (χ2v) is 6.57. The Morgan fingerprint density at radius 2 is 2.08 bits per heavy atom. The molecule has 0 saturated carbocycles. The lowest BCUT2D eigenvalue weighted by molar-refractivity contribution is -0.151. The van der Waals surface area contributed by atoms with E-state index in [1.807, 2.05) is 0 Å². The van der Waals surface area contributed by atoms with Gasteiger partial charge in [-0.3, -0.25) is 9.59 Å². The second kappa shape index (κ2) is 8.55. The number of halogens is 2. The summed E-state index contributed by atoms with van der Waals surface area (Å²) in [6, 6.07) is 2.49. The van der Waals surface area contributed by atoms with Crippen molar-refractivity contribution in [1.29, 1.82) is 0 Å². The summed E-state index contributed by atoms with van der Waals surface area (Å²) < 4.78 is 37.2. The number of nitrogens with zero attached hydrogens (tertiary/aromatic N) is 1. The van der Waals surface area contributed by atoms with Crippen LogP contribution in [0.4, 0.5) is 8.78 Å². The SMILES string of the molecule is O=C(CC1NCCN(Cc2cc(F)cc(F)c2)C1=O)OCC1CCCO1. The Labute approximate surface area is 150 Å². The number of ether oxygens (including phenoxy) is 2. The van der Waals surface area contributed by atoms with Crippen molar-refractivity contribution in [2.24, 2.45) is 0 Å². The van der Waals surface area contributed by atoms with Crippen molar-refractivity contribution < 1.29 is 27.8 Å². The monoisotopic (exact) mass is 368 g/mol. The van der Waals surface area contributed by atoms with Gasteiger partial charge in [0.05, 0.1) is 18.6 Å². The highest BCUT2D eigenvalue weighted by atomic mass is 19.1. The summed E-state index contributed by atoms with van der Waals surface area (Å²) in [5.74, 6) is -2.12. The van der Waals surface area contributed by atoms with Gasteiger partial charge in [0.1, 0.15) is 18.2 Å². The fourth-order valence-corrected chi connectivity index (χ4v) is 3.22. The van der Waals surface area contributed by atoms with Gasteiger partial charge >= 0.3 is 5.97 Å². The summed E-state index contributed by atoms with van der Waals surface area (Å²) in [6.45, 7) is 1.87. The molecule has 0 aromatic heterocycles. The number of nitrogens with one attached hydrogen (secondary N) is 1. The summed E-state index contributed by atoms with van der Waals surface area (Å²) in [7, 11) is 0. The zero-order chi connectivity index (χ0) is 18.5. The van der Waals surface area contributed by atoms with Gasteiger partial charge in [0.15, 0.2) is 0 Å². The van der Waals surface area contributed by atoms with Gasteiger partial charge in [0.2, 0.25) is 5.91 Å². The summed E-state index contributed by atoms with van der Waals surface area (Å²) >= 11 is 0. The van der Waals surface area contributed by atoms with E-state index < -0.39 is 23.6 Å². The molecule has 8 heteroatoms. The number of hydrogen-bond donors (Lipinski definition) is 1. The van der Waals surface area contributed by atoms with Crippen LogP contribution in [0, 0.1) is 11.6 Å². The van der Waals surface area contributed by atoms with Crippen LogP contribution in [0.25, 0.3) is 0 Å². The van der Waals surface area contributed by atoms with E-state index >= 15 is 0 Å². The zero-order valence-electron chi connectivity index (χ0n) is 14.4. The normalized spacial score (nSPS) is 23.3. The third-order valence-corrected chi connectivity index (χ3v) is 4.50. The van der Waals surface area contributed by atoms with Crippen molar-refractivity contribution in [3.05, 3.63) is 35.4 Å². The summed E-state index contributed by atoms with van der Waals surface area (Å²) in [6.07, 6.45) is 1.68. The zero-order valence-corrected chi connectivity index (χ0v) is 14.4. The minimum absolute atomic E-state index is 0.0617. The first-order valence-electron chi connectivity index (χ1n) is 8.75. The maximum atomic E-state index is 13.3. The van der Waals surface area contributed by atoms with E-state index in [1.54, 1.807) is 0 Å². The van der Waals surface area contributed by atoms with Gasteiger partial charge in [-0.1, -0.05) is 0 Å². The molecule has 0 bridgehead atoms. The Bertz CT molecular complexity index is 644. The molecule has 1 N–H and O–H groups in total. The molecular formula is C18H22F2N2O4. The van der Waals surface area contributed by atoms with Crippen LogP contribution in [0.2, 0.25) is 0 Å². The topological polar surface area (TPSA) is 67.9 Å². The molecule has 1 aromatic rings. The number of carbonyl (C=O) groups is 2. The number of carbonyl (C=O) groups excluding carboxylic acids is 2. The molecule has 2 aliphatic heterocycles. The number of esters is 1. The van der Waals surface area contributed by atoms with Crippen LogP contribution in [0.3, 0.4) is 0 Å². The quantitative estimate of drug-likeness (QED) is 0.769. The fraction of sp³-hybridized carbons (Fsp3) is 0.556. The number of rotatable bonds is 6. The number of benzene rings is 1. The van der Waals surface area contributed by atoms with Crippen molar-refractivity contribution in [2.45, 2.75) is 38.0 Å². The minimum atomic E-state index is -0.695. The molecule has 26 heavy (non-hydrogen) atoms. The highest BCUT2D eigenvalue weighted by molar-refractivity contribution is 5.87. The van der Waals surface area contributed by atoms with Gasteiger partial charge in [0, 0.05) is 32.3 Å². The molecule has 2 unspecified atom stereocenters. The highest BCUT2D eigenvalue weighted by Gasteiger charge is 2.31. The van der Waals surface area contributed by atoms with E-state index in [-0.39, 0.29) is 31.6 Å². The Morgan fingerprint density at radius 3 is 2.77 bits per heavy atom. The molecule has 2 atom stereocenters. The van der Waals surface area contributed by atoms with Crippen LogP contribution in [-0.2, 0) is 25.6 Å². The first kappa shape index (κ1) is 18.7. The largest absolute Gasteiger partial charge is 0.463 e. The van der Waals surface area contributed by atoms with E-state index in [0.29, 0.717) is 25.3 Å². The Morgan fingerprint density at radius 1 is 1.31 bits per heavy atom. The third-order valence-electron chi connectivity index (χ3n) is 4.50. The number of amides is 1. The molecule has 3 rings (SSSR count). The third kappa shape index (κ3) is 4.98. The predicted molar refractivity (Wildman–Crippen MR) is 88.1 cm³/mol. The first-order chi connectivity index (χ1) is 12.5. The summed E-state index contributed by atoms with van der Waals surface area (Å²) in [4.78, 5) is 26.0. The van der Waals surface area contributed by atoms with Crippen LogP contribution < -0.4 is 5.32 Å². The van der Waals surface area contributed by atoms with Crippen molar-refractivity contribution in [3.63, 3.8) is 0 Å². The van der Waals surface area contributed by atoms with Crippen molar-refractivity contribution in [2.75, 3.05) is 26.3 Å². The van der Waals surface area contributed by atoms with Gasteiger partial charge in [0.25, 0.3) is 0 Å². The molecule has 2 fully saturated rings. The predicted octanol–water partition coefficient (Wildman–Crippen LogP) is 1.38. The minimum Gasteiger partial charge on any atom is -0.463 e. The Kier molecular flexibility index (Phi) is 6.16. The lowest BCUT2D eigenvalue weighted by Gasteiger charge is -2.33. The van der Waals surface area contributed by atoms with Crippen LogP contribution in [-0.4, -0.2) is 55.2 Å². The molecule has 2 saturated heterocycles. The molecule has 6 nitrogen and oxygen atoms in total. The molecule has 1 amide bonds.